The SMILES string of the molecule is NCc1cnc(CO)c(C(F)F)c1C(F)(F)F. The Balaban J connectivity index is 3.59. The van der Waals surface area contributed by atoms with Gasteiger partial charge in [0.15, 0.2) is 0 Å². The van der Waals surface area contributed by atoms with Crippen LogP contribution in [-0.4, -0.2) is 10.1 Å². The molecule has 0 aliphatic rings. The monoisotopic (exact) mass is 256 g/mol. The Morgan fingerprint density at radius 2 is 1.94 bits per heavy atom. The van der Waals surface area contributed by atoms with Gasteiger partial charge in [-0.3, -0.25) is 4.98 Å². The molecule has 0 saturated heterocycles. The molecule has 96 valence electrons. The van der Waals surface area contributed by atoms with Crippen LogP contribution in [0, 0.1) is 0 Å². The maximum absolute atomic E-state index is 12.7. The van der Waals surface area contributed by atoms with Crippen LogP contribution in [0.15, 0.2) is 6.20 Å². The summed E-state index contributed by atoms with van der Waals surface area (Å²) in [5.74, 6) is 0. The topological polar surface area (TPSA) is 59.1 Å². The normalized spacial score (nSPS) is 12.2. The first-order valence-electron chi connectivity index (χ1n) is 4.49. The summed E-state index contributed by atoms with van der Waals surface area (Å²) in [6, 6.07) is 0. The van der Waals surface area contributed by atoms with Gasteiger partial charge in [0, 0.05) is 12.7 Å². The number of hydrogen-bond acceptors (Lipinski definition) is 3. The van der Waals surface area contributed by atoms with Gasteiger partial charge >= 0.3 is 6.18 Å². The van der Waals surface area contributed by atoms with E-state index in [9.17, 15) is 22.0 Å². The highest BCUT2D eigenvalue weighted by molar-refractivity contribution is 5.39. The second-order valence-electron chi connectivity index (χ2n) is 3.18. The number of pyridine rings is 1. The number of halogens is 5. The van der Waals surface area contributed by atoms with E-state index >= 15 is 0 Å². The Morgan fingerprint density at radius 1 is 1.35 bits per heavy atom. The van der Waals surface area contributed by atoms with Crippen molar-refractivity contribution in [3.8, 4) is 0 Å². The molecule has 0 radical (unpaired) electrons. The molecule has 0 spiro atoms. The first-order valence-corrected chi connectivity index (χ1v) is 4.49. The molecule has 3 N–H and O–H groups in total. The number of nitrogens with zero attached hydrogens (tertiary/aromatic N) is 1. The highest BCUT2D eigenvalue weighted by Gasteiger charge is 2.39. The van der Waals surface area contributed by atoms with Crippen LogP contribution in [0.1, 0.15) is 28.8 Å². The van der Waals surface area contributed by atoms with E-state index in [0.29, 0.717) is 0 Å². The van der Waals surface area contributed by atoms with Crippen LogP contribution in [0.4, 0.5) is 22.0 Å². The van der Waals surface area contributed by atoms with Gasteiger partial charge in [0.05, 0.1) is 23.4 Å². The van der Waals surface area contributed by atoms with E-state index in [4.69, 9.17) is 10.8 Å². The van der Waals surface area contributed by atoms with E-state index < -0.39 is 48.1 Å². The number of aromatic nitrogens is 1. The minimum atomic E-state index is -4.96. The van der Waals surface area contributed by atoms with Gasteiger partial charge in [-0.05, 0) is 5.56 Å². The zero-order valence-electron chi connectivity index (χ0n) is 8.43. The Morgan fingerprint density at radius 3 is 2.29 bits per heavy atom. The number of hydrogen-bond donors (Lipinski definition) is 2. The van der Waals surface area contributed by atoms with Crippen LogP contribution < -0.4 is 5.73 Å². The van der Waals surface area contributed by atoms with E-state index in [1.807, 2.05) is 0 Å². The largest absolute Gasteiger partial charge is 0.417 e. The first kappa shape index (κ1) is 13.8. The zero-order chi connectivity index (χ0) is 13.2. The molecule has 0 bridgehead atoms. The third-order valence-corrected chi connectivity index (χ3v) is 2.15. The number of alkyl halides is 5. The molecule has 1 aromatic heterocycles. The Kier molecular flexibility index (Phi) is 3.99. The lowest BCUT2D eigenvalue weighted by atomic mass is 10.0. The van der Waals surface area contributed by atoms with Crippen molar-refractivity contribution in [1.82, 2.24) is 4.98 Å². The fourth-order valence-corrected chi connectivity index (χ4v) is 1.46. The number of rotatable bonds is 3. The molecule has 0 aliphatic heterocycles. The van der Waals surface area contributed by atoms with Gasteiger partial charge in [-0.1, -0.05) is 0 Å². The molecule has 0 aliphatic carbocycles. The van der Waals surface area contributed by atoms with Gasteiger partial charge < -0.3 is 10.8 Å². The van der Waals surface area contributed by atoms with Crippen molar-refractivity contribution in [3.05, 3.63) is 28.6 Å². The van der Waals surface area contributed by atoms with Crippen LogP contribution in [-0.2, 0) is 19.3 Å². The van der Waals surface area contributed by atoms with Crippen LogP contribution in [0.3, 0.4) is 0 Å². The summed E-state index contributed by atoms with van der Waals surface area (Å²) < 4.78 is 63.3. The molecular formula is C9H9F5N2O. The second kappa shape index (κ2) is 4.92. The van der Waals surface area contributed by atoms with E-state index in [1.54, 1.807) is 0 Å². The molecule has 1 aromatic rings. The van der Waals surface area contributed by atoms with Gasteiger partial charge in [0.2, 0.25) is 0 Å². The summed E-state index contributed by atoms with van der Waals surface area (Å²) in [7, 11) is 0. The Labute approximate surface area is 93.1 Å². The highest BCUT2D eigenvalue weighted by Crippen LogP contribution is 2.39. The van der Waals surface area contributed by atoms with Crippen molar-refractivity contribution in [3.63, 3.8) is 0 Å². The maximum atomic E-state index is 12.7. The summed E-state index contributed by atoms with van der Waals surface area (Å²) in [5, 5.41) is 8.73. The predicted molar refractivity (Wildman–Crippen MR) is 48.0 cm³/mol. The third-order valence-electron chi connectivity index (χ3n) is 2.15. The molecule has 0 amide bonds. The summed E-state index contributed by atoms with van der Waals surface area (Å²) in [5.41, 5.74) is 1.04. The van der Waals surface area contributed by atoms with E-state index in [0.717, 1.165) is 6.20 Å². The van der Waals surface area contributed by atoms with Crippen molar-refractivity contribution in [2.24, 2.45) is 5.73 Å². The first-order chi connectivity index (χ1) is 7.82. The minimum Gasteiger partial charge on any atom is -0.390 e. The van der Waals surface area contributed by atoms with E-state index in [2.05, 4.69) is 4.98 Å². The lowest BCUT2D eigenvalue weighted by Crippen LogP contribution is -2.18. The third kappa shape index (κ3) is 2.70. The summed E-state index contributed by atoms with van der Waals surface area (Å²) >= 11 is 0. The number of aliphatic hydroxyl groups excluding tert-OH is 1. The van der Waals surface area contributed by atoms with Crippen molar-refractivity contribution < 1.29 is 27.1 Å². The summed E-state index contributed by atoms with van der Waals surface area (Å²) in [4.78, 5) is 3.35. The predicted octanol–water partition coefficient (Wildman–Crippen LogP) is 1.99. The van der Waals surface area contributed by atoms with Gasteiger partial charge in [-0.25, -0.2) is 8.78 Å². The van der Waals surface area contributed by atoms with Crippen molar-refractivity contribution in [2.75, 3.05) is 0 Å². The molecule has 1 heterocycles. The summed E-state index contributed by atoms with van der Waals surface area (Å²) in [6.07, 6.45) is -7.60. The van der Waals surface area contributed by atoms with Gasteiger partial charge in [-0.15, -0.1) is 0 Å². The molecular weight excluding hydrogens is 247 g/mol. The van der Waals surface area contributed by atoms with Crippen molar-refractivity contribution >= 4 is 0 Å². The molecule has 0 atom stereocenters. The van der Waals surface area contributed by atoms with Crippen LogP contribution in [0.2, 0.25) is 0 Å². The fourth-order valence-electron chi connectivity index (χ4n) is 1.46. The fraction of sp³-hybridized carbons (Fsp3) is 0.444. The Bertz CT molecular complexity index is 405. The Hall–Kier alpha value is -1.28. The van der Waals surface area contributed by atoms with Gasteiger partial charge in [0.1, 0.15) is 0 Å². The molecule has 0 saturated carbocycles. The van der Waals surface area contributed by atoms with Gasteiger partial charge in [0.25, 0.3) is 6.43 Å². The highest BCUT2D eigenvalue weighted by atomic mass is 19.4. The van der Waals surface area contributed by atoms with Gasteiger partial charge in [-0.2, -0.15) is 13.2 Å². The number of aliphatic hydroxyl groups is 1. The average molecular weight is 256 g/mol. The summed E-state index contributed by atoms with van der Waals surface area (Å²) in [6.45, 7) is -1.55. The lowest BCUT2D eigenvalue weighted by Gasteiger charge is -2.18. The number of nitrogens with two attached hydrogens (primary N) is 1. The standard InChI is InChI=1S/C9H9F5N2O/c10-8(11)6-5(3-17)16-2-4(1-15)7(6)9(12,13)14/h2,8,17H,1,3,15H2. The quantitative estimate of drug-likeness (QED) is 0.813. The van der Waals surface area contributed by atoms with Crippen LogP contribution in [0.25, 0.3) is 0 Å². The molecule has 0 fully saturated rings. The van der Waals surface area contributed by atoms with E-state index in [-0.39, 0.29) is 0 Å². The van der Waals surface area contributed by atoms with Crippen LogP contribution in [0.5, 0.6) is 0 Å². The van der Waals surface area contributed by atoms with Crippen molar-refractivity contribution in [2.45, 2.75) is 25.8 Å². The molecule has 17 heavy (non-hydrogen) atoms. The average Bonchev–Trinajstić information content (AvgIpc) is 2.25. The maximum Gasteiger partial charge on any atom is 0.417 e. The van der Waals surface area contributed by atoms with Crippen molar-refractivity contribution in [1.29, 1.82) is 0 Å². The molecule has 0 aromatic carbocycles. The molecule has 8 heteroatoms. The molecule has 0 unspecified atom stereocenters. The second-order valence-corrected chi connectivity index (χ2v) is 3.18. The smallest absolute Gasteiger partial charge is 0.390 e. The minimum absolute atomic E-state index is 0.523. The molecule has 3 nitrogen and oxygen atoms in total. The lowest BCUT2D eigenvalue weighted by molar-refractivity contribution is -0.140. The van der Waals surface area contributed by atoms with Crippen LogP contribution >= 0.6 is 0 Å². The molecule has 1 rings (SSSR count). The van der Waals surface area contributed by atoms with E-state index in [1.165, 1.54) is 0 Å². The zero-order valence-corrected chi connectivity index (χ0v) is 8.43.